The van der Waals surface area contributed by atoms with Gasteiger partial charge in [0, 0.05) is 23.6 Å². The number of nitrogens with one attached hydrogen (secondary N) is 1. The second kappa shape index (κ2) is 6.58. The molecule has 2 nitrogen and oxygen atoms in total. The summed E-state index contributed by atoms with van der Waals surface area (Å²) in [4.78, 5) is 2.51. The Labute approximate surface area is 119 Å². The van der Waals surface area contributed by atoms with Gasteiger partial charge in [-0.2, -0.15) is 0 Å². The quantitative estimate of drug-likeness (QED) is 0.911. The van der Waals surface area contributed by atoms with Crippen molar-refractivity contribution in [2.75, 3.05) is 24.5 Å². The maximum atomic E-state index is 3.73. The van der Waals surface area contributed by atoms with E-state index >= 15 is 0 Å². The minimum Gasteiger partial charge on any atom is -0.369 e. The molecule has 1 aromatic carbocycles. The molecule has 1 fully saturated rings. The van der Waals surface area contributed by atoms with E-state index < -0.39 is 0 Å². The molecular formula is C15H23BrN2. The molecule has 0 aliphatic carbocycles. The molecule has 18 heavy (non-hydrogen) atoms. The van der Waals surface area contributed by atoms with Crippen LogP contribution in [-0.2, 0) is 0 Å². The number of hydrogen-bond donors (Lipinski definition) is 1. The Kier molecular flexibility index (Phi) is 5.07. The maximum absolute atomic E-state index is 3.73. The third-order valence-corrected chi connectivity index (χ3v) is 4.65. The highest BCUT2D eigenvalue weighted by molar-refractivity contribution is 9.10. The van der Waals surface area contributed by atoms with Crippen LogP contribution in [0.15, 0.2) is 22.7 Å². The van der Waals surface area contributed by atoms with Crippen molar-refractivity contribution < 1.29 is 0 Å². The molecule has 3 heteroatoms. The smallest absolute Gasteiger partial charge is 0.0513 e. The fourth-order valence-electron chi connectivity index (χ4n) is 2.59. The van der Waals surface area contributed by atoms with Crippen LogP contribution in [0.3, 0.4) is 0 Å². The first-order chi connectivity index (χ1) is 8.72. The summed E-state index contributed by atoms with van der Waals surface area (Å²) in [6.07, 6.45) is 3.80. The van der Waals surface area contributed by atoms with E-state index in [1.807, 2.05) is 0 Å². The Morgan fingerprint density at radius 3 is 3.06 bits per heavy atom. The first-order valence-corrected chi connectivity index (χ1v) is 7.75. The summed E-state index contributed by atoms with van der Waals surface area (Å²) in [5.41, 5.74) is 2.66. The second-order valence-corrected chi connectivity index (χ2v) is 5.94. The molecule has 1 N–H and O–H groups in total. The van der Waals surface area contributed by atoms with Crippen molar-refractivity contribution in [1.29, 1.82) is 0 Å². The van der Waals surface area contributed by atoms with Gasteiger partial charge in [-0.3, -0.25) is 0 Å². The fourth-order valence-corrected chi connectivity index (χ4v) is 3.10. The van der Waals surface area contributed by atoms with Crippen LogP contribution in [-0.4, -0.2) is 25.7 Å². The zero-order chi connectivity index (χ0) is 13.0. The van der Waals surface area contributed by atoms with Gasteiger partial charge in [-0.1, -0.05) is 19.1 Å². The molecule has 0 bridgehead atoms. The van der Waals surface area contributed by atoms with Crippen LogP contribution in [0.4, 0.5) is 5.69 Å². The summed E-state index contributed by atoms with van der Waals surface area (Å²) < 4.78 is 1.25. The standard InChI is InChI=1S/C15H23BrN2/c1-3-9-17-13-7-5-10-18(11-13)14-8-4-6-12(2)15(14)16/h4,6,8,13,17H,3,5,7,9-11H2,1-2H3. The molecule has 1 unspecified atom stereocenters. The van der Waals surface area contributed by atoms with Crippen LogP contribution in [0.5, 0.6) is 0 Å². The molecule has 1 aromatic rings. The van der Waals surface area contributed by atoms with Gasteiger partial charge in [-0.25, -0.2) is 0 Å². The van der Waals surface area contributed by atoms with Gasteiger partial charge in [0.25, 0.3) is 0 Å². The molecule has 0 saturated carbocycles. The van der Waals surface area contributed by atoms with Gasteiger partial charge < -0.3 is 10.2 Å². The fraction of sp³-hybridized carbons (Fsp3) is 0.600. The zero-order valence-electron chi connectivity index (χ0n) is 11.4. The van der Waals surface area contributed by atoms with Gasteiger partial charge in [0.15, 0.2) is 0 Å². The number of hydrogen-bond acceptors (Lipinski definition) is 2. The van der Waals surface area contributed by atoms with E-state index in [0.29, 0.717) is 6.04 Å². The van der Waals surface area contributed by atoms with Crippen molar-refractivity contribution in [3.05, 3.63) is 28.2 Å². The number of anilines is 1. The van der Waals surface area contributed by atoms with Crippen LogP contribution in [0.2, 0.25) is 0 Å². The van der Waals surface area contributed by atoms with E-state index in [-0.39, 0.29) is 0 Å². The average molecular weight is 311 g/mol. The van der Waals surface area contributed by atoms with Gasteiger partial charge in [0.05, 0.1) is 5.69 Å². The lowest BCUT2D eigenvalue weighted by molar-refractivity contribution is 0.423. The van der Waals surface area contributed by atoms with Gasteiger partial charge in [-0.05, 0) is 60.3 Å². The third-order valence-electron chi connectivity index (χ3n) is 3.62. The number of rotatable bonds is 4. The van der Waals surface area contributed by atoms with Crippen molar-refractivity contribution >= 4 is 21.6 Å². The van der Waals surface area contributed by atoms with Gasteiger partial charge >= 0.3 is 0 Å². The van der Waals surface area contributed by atoms with Gasteiger partial charge in [0.2, 0.25) is 0 Å². The Balaban J connectivity index is 2.06. The maximum Gasteiger partial charge on any atom is 0.0513 e. The van der Waals surface area contributed by atoms with Gasteiger partial charge in [0.1, 0.15) is 0 Å². The minimum absolute atomic E-state index is 0.645. The van der Waals surface area contributed by atoms with Crippen molar-refractivity contribution in [1.82, 2.24) is 5.32 Å². The molecule has 1 atom stereocenters. The van der Waals surface area contributed by atoms with E-state index in [4.69, 9.17) is 0 Å². The van der Waals surface area contributed by atoms with Crippen molar-refractivity contribution in [2.45, 2.75) is 39.2 Å². The first-order valence-electron chi connectivity index (χ1n) is 6.95. The van der Waals surface area contributed by atoms with Crippen LogP contribution >= 0.6 is 15.9 Å². The topological polar surface area (TPSA) is 15.3 Å². The largest absolute Gasteiger partial charge is 0.369 e. The van der Waals surface area contributed by atoms with E-state index in [9.17, 15) is 0 Å². The lowest BCUT2D eigenvalue weighted by Gasteiger charge is -2.35. The molecule has 1 aliphatic rings. The van der Waals surface area contributed by atoms with E-state index in [2.05, 4.69) is 58.2 Å². The third kappa shape index (κ3) is 3.27. The highest BCUT2D eigenvalue weighted by Crippen LogP contribution is 2.31. The Bertz CT molecular complexity index is 392. The molecule has 1 aliphatic heterocycles. The van der Waals surface area contributed by atoms with Crippen LogP contribution in [0.1, 0.15) is 31.7 Å². The Hall–Kier alpha value is -0.540. The summed E-state index contributed by atoms with van der Waals surface area (Å²) in [5, 5.41) is 3.65. The summed E-state index contributed by atoms with van der Waals surface area (Å²) in [5.74, 6) is 0. The molecule has 0 amide bonds. The number of benzene rings is 1. The monoisotopic (exact) mass is 310 g/mol. The number of aryl methyl sites for hydroxylation is 1. The molecule has 0 radical (unpaired) electrons. The predicted octanol–water partition coefficient (Wildman–Crippen LogP) is 3.73. The molecular weight excluding hydrogens is 288 g/mol. The van der Waals surface area contributed by atoms with Crippen molar-refractivity contribution in [3.8, 4) is 0 Å². The lowest BCUT2D eigenvalue weighted by Crippen LogP contribution is -2.46. The number of halogens is 1. The Morgan fingerprint density at radius 1 is 1.44 bits per heavy atom. The lowest BCUT2D eigenvalue weighted by atomic mass is 10.0. The number of nitrogens with zero attached hydrogens (tertiary/aromatic N) is 1. The molecule has 1 heterocycles. The highest BCUT2D eigenvalue weighted by atomic mass is 79.9. The Morgan fingerprint density at radius 2 is 2.28 bits per heavy atom. The molecule has 2 rings (SSSR count). The summed E-state index contributed by atoms with van der Waals surface area (Å²) in [7, 11) is 0. The van der Waals surface area contributed by atoms with E-state index in [0.717, 1.165) is 13.1 Å². The van der Waals surface area contributed by atoms with Gasteiger partial charge in [-0.15, -0.1) is 0 Å². The van der Waals surface area contributed by atoms with Crippen molar-refractivity contribution in [3.63, 3.8) is 0 Å². The van der Waals surface area contributed by atoms with E-state index in [1.54, 1.807) is 0 Å². The second-order valence-electron chi connectivity index (χ2n) is 5.15. The summed E-state index contributed by atoms with van der Waals surface area (Å²) in [6.45, 7) is 7.82. The van der Waals surface area contributed by atoms with Crippen LogP contribution in [0.25, 0.3) is 0 Å². The normalized spacial score (nSPS) is 20.2. The average Bonchev–Trinajstić information content (AvgIpc) is 2.40. The van der Waals surface area contributed by atoms with E-state index in [1.165, 1.54) is 41.5 Å². The minimum atomic E-state index is 0.645. The molecule has 100 valence electrons. The zero-order valence-corrected chi connectivity index (χ0v) is 13.0. The SMILES string of the molecule is CCCNC1CCCN(c2cccc(C)c2Br)C1. The summed E-state index contributed by atoms with van der Waals surface area (Å²) >= 11 is 3.73. The van der Waals surface area contributed by atoms with Crippen molar-refractivity contribution in [2.24, 2.45) is 0 Å². The first kappa shape index (κ1) is 13.9. The summed E-state index contributed by atoms with van der Waals surface area (Å²) in [6, 6.07) is 7.17. The number of piperidine rings is 1. The highest BCUT2D eigenvalue weighted by Gasteiger charge is 2.21. The van der Waals surface area contributed by atoms with Crippen LogP contribution in [0, 0.1) is 6.92 Å². The van der Waals surface area contributed by atoms with Crippen LogP contribution < -0.4 is 10.2 Å². The molecule has 0 spiro atoms. The molecule has 0 aromatic heterocycles. The molecule has 1 saturated heterocycles. The predicted molar refractivity (Wildman–Crippen MR) is 82.4 cm³/mol.